The molecule has 0 radical (unpaired) electrons. The van der Waals surface area contributed by atoms with Crippen molar-refractivity contribution >= 4 is 34.4 Å². The number of fused-ring (bicyclic) bond motifs is 1. The number of benzene rings is 2. The molecule has 0 spiro atoms. The number of hydrogen-bond acceptors (Lipinski definition) is 4. The van der Waals surface area contributed by atoms with E-state index in [0.717, 1.165) is 32.7 Å². The number of thioether (sulfide) groups is 1. The number of aryl methyl sites for hydroxylation is 2. The lowest BCUT2D eigenvalue weighted by molar-refractivity contribution is -0.118. The smallest absolute Gasteiger partial charge is 0.271 e. The molecule has 27 heavy (non-hydrogen) atoms. The normalized spacial score (nSPS) is 11.1. The van der Waals surface area contributed by atoms with E-state index in [1.54, 1.807) is 11.8 Å². The summed E-state index contributed by atoms with van der Waals surface area (Å²) in [6.45, 7) is 7.77. The van der Waals surface area contributed by atoms with Crippen LogP contribution in [0.25, 0.3) is 11.0 Å². The number of H-pyrrole nitrogens is 1. The van der Waals surface area contributed by atoms with Crippen molar-refractivity contribution in [1.82, 2.24) is 9.97 Å². The second kappa shape index (κ2) is 7.96. The molecule has 3 aromatic rings. The maximum atomic E-state index is 12.3. The molecule has 0 aliphatic carbocycles. The first-order valence-electron chi connectivity index (χ1n) is 8.87. The van der Waals surface area contributed by atoms with Crippen LogP contribution in [0.15, 0.2) is 46.1 Å². The van der Waals surface area contributed by atoms with Crippen molar-refractivity contribution in [3.63, 3.8) is 0 Å². The van der Waals surface area contributed by atoms with Gasteiger partial charge in [0.05, 0.1) is 11.0 Å². The molecule has 2 aromatic carbocycles. The number of carbonyl (C=O) groups is 1. The fourth-order valence-corrected chi connectivity index (χ4v) is 3.38. The number of aromatic amines is 1. The molecule has 140 valence electrons. The number of aromatic nitrogens is 2. The van der Waals surface area contributed by atoms with Crippen LogP contribution in [0.2, 0.25) is 0 Å². The van der Waals surface area contributed by atoms with Crippen molar-refractivity contribution in [2.24, 2.45) is 5.92 Å². The Kier molecular flexibility index (Phi) is 5.65. The number of nitrogens with one attached hydrogen (secondary N) is 2. The molecule has 0 aliphatic rings. The Labute approximate surface area is 162 Å². The van der Waals surface area contributed by atoms with Crippen LogP contribution in [-0.4, -0.2) is 15.9 Å². The molecular weight excluding hydrogens is 358 g/mol. The Hall–Kier alpha value is -2.60. The Morgan fingerprint density at radius 1 is 1.15 bits per heavy atom. The molecule has 1 heterocycles. The lowest BCUT2D eigenvalue weighted by Gasteiger charge is -2.08. The third-order valence-corrected chi connectivity index (χ3v) is 5.42. The van der Waals surface area contributed by atoms with Crippen LogP contribution in [0.4, 0.5) is 5.69 Å². The first-order chi connectivity index (χ1) is 12.8. The van der Waals surface area contributed by atoms with Crippen LogP contribution in [0.1, 0.15) is 30.7 Å². The van der Waals surface area contributed by atoms with Crippen LogP contribution in [-0.2, 0) is 10.5 Å². The largest absolute Gasteiger partial charge is 0.326 e. The number of nitrogens with zero attached hydrogens (tertiary/aromatic N) is 1. The van der Waals surface area contributed by atoms with E-state index in [4.69, 9.17) is 0 Å². The van der Waals surface area contributed by atoms with Crippen LogP contribution in [0.5, 0.6) is 0 Å². The summed E-state index contributed by atoms with van der Waals surface area (Å²) in [5.74, 6) is 0.417. The molecule has 5 nitrogen and oxygen atoms in total. The molecule has 0 saturated carbocycles. The lowest BCUT2D eigenvalue weighted by atomic mass is 10.1. The monoisotopic (exact) mass is 381 g/mol. The Morgan fingerprint density at radius 3 is 2.48 bits per heavy atom. The summed E-state index contributed by atoms with van der Waals surface area (Å²) < 4.78 is 0. The zero-order valence-electron chi connectivity index (χ0n) is 15.9. The molecule has 0 fully saturated rings. The predicted molar refractivity (Wildman–Crippen MR) is 111 cm³/mol. The molecule has 1 amide bonds. The van der Waals surface area contributed by atoms with E-state index in [1.165, 1.54) is 0 Å². The van der Waals surface area contributed by atoms with Crippen molar-refractivity contribution in [3.05, 3.63) is 63.6 Å². The van der Waals surface area contributed by atoms with E-state index in [1.807, 2.05) is 64.1 Å². The van der Waals surface area contributed by atoms with Gasteiger partial charge in [-0.05, 0) is 61.4 Å². The number of rotatable bonds is 5. The highest BCUT2D eigenvalue weighted by atomic mass is 32.2. The Balaban J connectivity index is 1.73. The van der Waals surface area contributed by atoms with Crippen molar-refractivity contribution in [1.29, 1.82) is 0 Å². The van der Waals surface area contributed by atoms with Crippen molar-refractivity contribution in [2.45, 2.75) is 38.3 Å². The maximum Gasteiger partial charge on any atom is 0.271 e. The first-order valence-corrected chi connectivity index (χ1v) is 9.86. The summed E-state index contributed by atoms with van der Waals surface area (Å²) in [5.41, 5.74) is 4.98. The number of carbonyl (C=O) groups excluding carboxylic acids is 1. The van der Waals surface area contributed by atoms with Crippen LogP contribution in [0, 0.1) is 19.8 Å². The van der Waals surface area contributed by atoms with E-state index in [-0.39, 0.29) is 17.4 Å². The van der Waals surface area contributed by atoms with E-state index >= 15 is 0 Å². The second-order valence-corrected chi connectivity index (χ2v) is 7.97. The highest BCUT2D eigenvalue weighted by Crippen LogP contribution is 2.24. The summed E-state index contributed by atoms with van der Waals surface area (Å²) in [4.78, 5) is 32.5. The topological polar surface area (TPSA) is 74.8 Å². The predicted octanol–water partition coefficient (Wildman–Crippen LogP) is 4.43. The molecule has 0 unspecified atom stereocenters. The highest BCUT2D eigenvalue weighted by molar-refractivity contribution is 7.98. The number of amides is 1. The van der Waals surface area contributed by atoms with Crippen LogP contribution >= 0.6 is 11.8 Å². The summed E-state index contributed by atoms with van der Waals surface area (Å²) in [6, 6.07) is 11.6. The fourth-order valence-electron chi connectivity index (χ4n) is 2.55. The Morgan fingerprint density at radius 2 is 1.81 bits per heavy atom. The van der Waals surface area contributed by atoms with Gasteiger partial charge in [0.1, 0.15) is 5.69 Å². The lowest BCUT2D eigenvalue weighted by Crippen LogP contribution is -2.17. The van der Waals surface area contributed by atoms with Crippen molar-refractivity contribution in [2.75, 3.05) is 5.32 Å². The molecule has 3 rings (SSSR count). The zero-order valence-corrected chi connectivity index (χ0v) is 16.7. The van der Waals surface area contributed by atoms with Gasteiger partial charge in [-0.2, -0.15) is 0 Å². The van der Waals surface area contributed by atoms with Gasteiger partial charge in [0, 0.05) is 22.3 Å². The van der Waals surface area contributed by atoms with Gasteiger partial charge in [0.15, 0.2) is 0 Å². The molecule has 0 aliphatic heterocycles. The van der Waals surface area contributed by atoms with E-state index in [0.29, 0.717) is 11.4 Å². The van der Waals surface area contributed by atoms with Gasteiger partial charge in [-0.3, -0.25) is 9.59 Å². The van der Waals surface area contributed by atoms with E-state index in [9.17, 15) is 9.59 Å². The second-order valence-electron chi connectivity index (χ2n) is 6.92. The molecule has 0 bridgehead atoms. The average molecular weight is 382 g/mol. The third kappa shape index (κ3) is 4.57. The standard InChI is InChI=1S/C21H23N3O2S/c1-12(2)20(25)22-15-5-7-16(8-6-15)27-11-19-21(26)24-18-10-14(4)13(3)9-17(18)23-19/h5-10,12H,11H2,1-4H3,(H,22,25)(H,24,26). The minimum atomic E-state index is -0.154. The van der Waals surface area contributed by atoms with Gasteiger partial charge in [-0.25, -0.2) is 4.98 Å². The first kappa shape index (κ1) is 19.2. The van der Waals surface area contributed by atoms with Crippen LogP contribution < -0.4 is 10.9 Å². The molecule has 6 heteroatoms. The van der Waals surface area contributed by atoms with Gasteiger partial charge in [0.25, 0.3) is 5.56 Å². The van der Waals surface area contributed by atoms with Crippen molar-refractivity contribution in [3.8, 4) is 0 Å². The van der Waals surface area contributed by atoms with Gasteiger partial charge in [-0.1, -0.05) is 13.8 Å². The summed E-state index contributed by atoms with van der Waals surface area (Å²) in [7, 11) is 0. The molecule has 1 aromatic heterocycles. The summed E-state index contributed by atoms with van der Waals surface area (Å²) in [6.07, 6.45) is 0. The fraction of sp³-hybridized carbons (Fsp3) is 0.286. The number of hydrogen-bond donors (Lipinski definition) is 2. The van der Waals surface area contributed by atoms with Gasteiger partial charge in [0.2, 0.25) is 5.91 Å². The van der Waals surface area contributed by atoms with Crippen LogP contribution in [0.3, 0.4) is 0 Å². The SMILES string of the molecule is Cc1cc2nc(CSc3ccc(NC(=O)C(C)C)cc3)c(=O)[nH]c2cc1C. The maximum absolute atomic E-state index is 12.3. The molecule has 0 saturated heterocycles. The summed E-state index contributed by atoms with van der Waals surface area (Å²) >= 11 is 1.54. The van der Waals surface area contributed by atoms with Crippen molar-refractivity contribution < 1.29 is 4.79 Å². The minimum absolute atomic E-state index is 0.00664. The third-order valence-electron chi connectivity index (χ3n) is 4.40. The highest BCUT2D eigenvalue weighted by Gasteiger charge is 2.09. The zero-order chi connectivity index (χ0) is 19.6. The average Bonchev–Trinajstić information content (AvgIpc) is 2.62. The molecule has 2 N–H and O–H groups in total. The van der Waals surface area contributed by atoms with Gasteiger partial charge in [-0.15, -0.1) is 11.8 Å². The molecular formula is C21H23N3O2S. The van der Waals surface area contributed by atoms with Gasteiger partial charge < -0.3 is 10.3 Å². The van der Waals surface area contributed by atoms with Gasteiger partial charge >= 0.3 is 0 Å². The Bertz CT molecular complexity index is 1040. The van der Waals surface area contributed by atoms with E-state index < -0.39 is 0 Å². The van der Waals surface area contributed by atoms with E-state index in [2.05, 4.69) is 15.3 Å². The number of anilines is 1. The molecule has 0 atom stereocenters. The summed E-state index contributed by atoms with van der Waals surface area (Å²) in [5, 5.41) is 2.87. The minimum Gasteiger partial charge on any atom is -0.326 e. The quantitative estimate of drug-likeness (QED) is 0.641.